The highest BCUT2D eigenvalue weighted by Gasteiger charge is 2.06. The average Bonchev–Trinajstić information content (AvgIpc) is 2.28. The van der Waals surface area contributed by atoms with Crippen molar-refractivity contribution in [2.75, 3.05) is 20.1 Å². The lowest BCUT2D eigenvalue weighted by Crippen LogP contribution is -2.28. The van der Waals surface area contributed by atoms with Crippen LogP contribution in [0.1, 0.15) is 12.0 Å². The van der Waals surface area contributed by atoms with Crippen molar-refractivity contribution in [3.8, 4) is 0 Å². The van der Waals surface area contributed by atoms with Crippen LogP contribution in [0.3, 0.4) is 0 Å². The van der Waals surface area contributed by atoms with Crippen molar-refractivity contribution in [2.24, 2.45) is 0 Å². The Kier molecular flexibility index (Phi) is 8.36. The Bertz CT molecular complexity index is 347. The highest BCUT2D eigenvalue weighted by atomic mass is 35.5. The number of carbonyl (C=O) groups excluding carboxylic acids is 1. The summed E-state index contributed by atoms with van der Waals surface area (Å²) in [4.78, 5) is 11.4. The Morgan fingerprint density at radius 2 is 2.00 bits per heavy atom. The lowest BCUT2D eigenvalue weighted by atomic mass is 10.1. The lowest BCUT2D eigenvalue weighted by Gasteiger charge is -2.05. The molecule has 1 aromatic carbocycles. The summed E-state index contributed by atoms with van der Waals surface area (Å²) in [7, 11) is 1.86. The van der Waals surface area contributed by atoms with Gasteiger partial charge in [-0.15, -0.1) is 12.4 Å². The van der Waals surface area contributed by atoms with Gasteiger partial charge in [0.25, 0.3) is 0 Å². The fourth-order valence-electron chi connectivity index (χ4n) is 1.37. The van der Waals surface area contributed by atoms with Crippen LogP contribution in [0, 0.1) is 5.82 Å². The van der Waals surface area contributed by atoms with Crippen LogP contribution in [0.4, 0.5) is 4.39 Å². The molecule has 96 valence electrons. The summed E-state index contributed by atoms with van der Waals surface area (Å²) >= 11 is 0. The minimum absolute atomic E-state index is 0. The van der Waals surface area contributed by atoms with Crippen molar-refractivity contribution >= 4 is 18.3 Å². The van der Waals surface area contributed by atoms with Gasteiger partial charge in [-0.25, -0.2) is 4.39 Å². The minimum atomic E-state index is -0.326. The van der Waals surface area contributed by atoms with Crippen LogP contribution in [0.25, 0.3) is 0 Å². The smallest absolute Gasteiger partial charge is 0.224 e. The summed E-state index contributed by atoms with van der Waals surface area (Å²) in [6.07, 6.45) is 0.978. The van der Waals surface area contributed by atoms with Gasteiger partial charge in [0.1, 0.15) is 5.82 Å². The first kappa shape index (κ1) is 15.9. The second-order valence-electron chi connectivity index (χ2n) is 3.58. The molecule has 0 unspecified atom stereocenters. The molecule has 0 saturated carbocycles. The van der Waals surface area contributed by atoms with E-state index in [0.29, 0.717) is 12.1 Å². The van der Waals surface area contributed by atoms with Crippen LogP contribution in [-0.2, 0) is 11.2 Å². The number of benzene rings is 1. The van der Waals surface area contributed by atoms with Crippen molar-refractivity contribution in [2.45, 2.75) is 12.8 Å². The van der Waals surface area contributed by atoms with Crippen LogP contribution < -0.4 is 10.6 Å². The molecule has 1 amide bonds. The molecule has 0 aliphatic rings. The van der Waals surface area contributed by atoms with Gasteiger partial charge in [-0.1, -0.05) is 18.2 Å². The third-order valence-corrected chi connectivity index (χ3v) is 2.23. The highest BCUT2D eigenvalue weighted by molar-refractivity contribution is 5.85. The summed E-state index contributed by atoms with van der Waals surface area (Å²) in [6, 6.07) is 6.34. The molecule has 1 aromatic rings. The molecule has 5 heteroatoms. The number of rotatable bonds is 6. The van der Waals surface area contributed by atoms with Crippen LogP contribution >= 0.6 is 12.4 Å². The number of amides is 1. The van der Waals surface area contributed by atoms with E-state index in [1.54, 1.807) is 18.2 Å². The van der Waals surface area contributed by atoms with Crippen LogP contribution in [0.15, 0.2) is 24.3 Å². The van der Waals surface area contributed by atoms with Crippen LogP contribution in [-0.4, -0.2) is 26.0 Å². The van der Waals surface area contributed by atoms with Gasteiger partial charge in [-0.2, -0.15) is 0 Å². The van der Waals surface area contributed by atoms with Gasteiger partial charge in [0.05, 0.1) is 6.42 Å². The minimum Gasteiger partial charge on any atom is -0.356 e. The second kappa shape index (κ2) is 8.96. The van der Waals surface area contributed by atoms with E-state index in [2.05, 4.69) is 10.6 Å². The molecule has 1 rings (SSSR count). The van der Waals surface area contributed by atoms with Gasteiger partial charge in [0.2, 0.25) is 5.91 Å². The van der Waals surface area contributed by atoms with Crippen LogP contribution in [0.5, 0.6) is 0 Å². The zero-order valence-electron chi connectivity index (χ0n) is 9.83. The van der Waals surface area contributed by atoms with Crippen molar-refractivity contribution in [1.29, 1.82) is 0 Å². The number of hydrogen-bond acceptors (Lipinski definition) is 2. The van der Waals surface area contributed by atoms with Crippen molar-refractivity contribution < 1.29 is 9.18 Å². The fourth-order valence-corrected chi connectivity index (χ4v) is 1.37. The van der Waals surface area contributed by atoms with E-state index in [0.717, 1.165) is 13.0 Å². The molecule has 3 nitrogen and oxygen atoms in total. The first-order valence-electron chi connectivity index (χ1n) is 5.38. The Hall–Kier alpha value is -1.13. The van der Waals surface area contributed by atoms with E-state index in [1.807, 2.05) is 7.05 Å². The predicted octanol–water partition coefficient (Wildman–Crippen LogP) is 1.52. The van der Waals surface area contributed by atoms with Crippen molar-refractivity contribution in [3.05, 3.63) is 35.6 Å². The van der Waals surface area contributed by atoms with E-state index in [9.17, 15) is 9.18 Å². The molecule has 0 atom stereocenters. The average molecular weight is 261 g/mol. The molecule has 17 heavy (non-hydrogen) atoms. The molecule has 0 bridgehead atoms. The fraction of sp³-hybridized carbons (Fsp3) is 0.417. The number of halogens is 2. The summed E-state index contributed by atoms with van der Waals surface area (Å²) in [5.41, 5.74) is 0.439. The van der Waals surface area contributed by atoms with Gasteiger partial charge >= 0.3 is 0 Å². The largest absolute Gasteiger partial charge is 0.356 e. The van der Waals surface area contributed by atoms with Gasteiger partial charge in [0.15, 0.2) is 0 Å². The number of hydrogen-bond donors (Lipinski definition) is 2. The maximum atomic E-state index is 13.2. The van der Waals surface area contributed by atoms with E-state index >= 15 is 0 Å². The predicted molar refractivity (Wildman–Crippen MR) is 68.9 cm³/mol. The standard InChI is InChI=1S/C12H17FN2O.ClH/c1-14-7-4-8-15-12(16)9-10-5-2-3-6-11(10)13;/h2-3,5-6,14H,4,7-9H2,1H3,(H,15,16);1H. The first-order valence-corrected chi connectivity index (χ1v) is 5.38. The summed E-state index contributed by atoms with van der Waals surface area (Å²) in [5.74, 6) is -0.464. The molecular weight excluding hydrogens is 243 g/mol. The Labute approximate surface area is 107 Å². The second-order valence-corrected chi connectivity index (χ2v) is 3.58. The molecular formula is C12H18ClFN2O. The van der Waals surface area contributed by atoms with E-state index in [1.165, 1.54) is 6.07 Å². The van der Waals surface area contributed by atoms with Crippen molar-refractivity contribution in [1.82, 2.24) is 10.6 Å². The zero-order valence-corrected chi connectivity index (χ0v) is 10.6. The first-order chi connectivity index (χ1) is 7.74. The number of nitrogens with one attached hydrogen (secondary N) is 2. The van der Waals surface area contributed by atoms with Gasteiger partial charge in [-0.05, 0) is 31.6 Å². The summed E-state index contributed by atoms with van der Waals surface area (Å²) < 4.78 is 13.2. The van der Waals surface area contributed by atoms with E-state index < -0.39 is 0 Å². The highest BCUT2D eigenvalue weighted by Crippen LogP contribution is 2.06. The molecule has 2 N–H and O–H groups in total. The molecule has 0 fully saturated rings. The SMILES string of the molecule is CNCCCNC(=O)Cc1ccccc1F.Cl. The molecule has 0 heterocycles. The maximum absolute atomic E-state index is 13.2. The lowest BCUT2D eigenvalue weighted by molar-refractivity contribution is -0.120. The van der Waals surface area contributed by atoms with Gasteiger partial charge in [-0.3, -0.25) is 4.79 Å². The maximum Gasteiger partial charge on any atom is 0.224 e. The summed E-state index contributed by atoms with van der Waals surface area (Å²) in [5, 5.41) is 5.74. The van der Waals surface area contributed by atoms with E-state index in [4.69, 9.17) is 0 Å². The van der Waals surface area contributed by atoms with Crippen molar-refractivity contribution in [3.63, 3.8) is 0 Å². The molecule has 0 saturated heterocycles. The molecule has 0 aromatic heterocycles. The molecule has 0 aliphatic heterocycles. The third-order valence-electron chi connectivity index (χ3n) is 2.23. The number of carbonyl (C=O) groups is 1. The molecule has 0 spiro atoms. The van der Waals surface area contributed by atoms with Gasteiger partial charge < -0.3 is 10.6 Å². The summed E-state index contributed by atoms with van der Waals surface area (Å²) in [6.45, 7) is 1.48. The Morgan fingerprint density at radius 3 is 2.65 bits per heavy atom. The normalized spacial score (nSPS) is 9.53. The monoisotopic (exact) mass is 260 g/mol. The zero-order chi connectivity index (χ0) is 11.8. The quantitative estimate of drug-likeness (QED) is 0.762. The Balaban J connectivity index is 0.00000256. The third kappa shape index (κ3) is 6.24. The molecule has 0 aliphatic carbocycles. The molecule has 0 radical (unpaired) electrons. The van der Waals surface area contributed by atoms with Crippen LogP contribution in [0.2, 0.25) is 0 Å². The topological polar surface area (TPSA) is 41.1 Å². The van der Waals surface area contributed by atoms with Gasteiger partial charge in [0, 0.05) is 6.54 Å². The Morgan fingerprint density at radius 1 is 1.29 bits per heavy atom. The van der Waals surface area contributed by atoms with E-state index in [-0.39, 0.29) is 30.6 Å².